The maximum Gasteiger partial charge on any atom is 0.0835 e. The van der Waals surface area contributed by atoms with Gasteiger partial charge in [-0.25, -0.2) is 0 Å². The van der Waals surface area contributed by atoms with Crippen molar-refractivity contribution in [2.75, 3.05) is 0 Å². The minimum absolute atomic E-state index is 0.0703. The lowest BCUT2D eigenvalue weighted by Crippen LogP contribution is -2.04. The molecule has 0 bridgehead atoms. The molecule has 1 atom stereocenters. The molecule has 2 aromatic rings. The molecule has 104 valence electrons. The molecule has 0 spiro atoms. The third kappa shape index (κ3) is 2.80. The van der Waals surface area contributed by atoms with Crippen molar-refractivity contribution < 1.29 is 0 Å². The highest BCUT2D eigenvalue weighted by Crippen LogP contribution is 2.33. The van der Waals surface area contributed by atoms with Crippen molar-refractivity contribution in [2.45, 2.75) is 38.0 Å². The molecule has 0 amide bonds. The van der Waals surface area contributed by atoms with Gasteiger partial charge in [-0.1, -0.05) is 46.3 Å². The van der Waals surface area contributed by atoms with Crippen LogP contribution in [0.3, 0.4) is 0 Å². The molecule has 1 aliphatic rings. The van der Waals surface area contributed by atoms with E-state index in [-0.39, 0.29) is 5.38 Å². The highest BCUT2D eigenvalue weighted by atomic mass is 79.9. The molecule has 2 aromatic carbocycles. The average Bonchev–Trinajstić information content (AvgIpc) is 2.49. The largest absolute Gasteiger partial charge is 0.113 e. The molecule has 0 saturated carbocycles. The maximum absolute atomic E-state index is 6.68. The van der Waals surface area contributed by atoms with Gasteiger partial charge in [-0.05, 0) is 66.5 Å². The Morgan fingerprint density at radius 2 is 1.60 bits per heavy atom. The summed E-state index contributed by atoms with van der Waals surface area (Å²) in [5.41, 5.74) is 6.60. The Kier molecular flexibility index (Phi) is 4.18. The van der Waals surface area contributed by atoms with Crippen LogP contribution in [0.1, 0.15) is 46.0 Å². The van der Waals surface area contributed by atoms with E-state index in [0.29, 0.717) is 0 Å². The Morgan fingerprint density at radius 1 is 0.950 bits per heavy atom. The fraction of sp³-hybridized carbons (Fsp3) is 0.333. The number of aryl methyl sites for hydroxylation is 3. The lowest BCUT2D eigenvalue weighted by Gasteiger charge is -2.19. The van der Waals surface area contributed by atoms with Crippen LogP contribution in [0, 0.1) is 6.92 Å². The number of hydrogen-bond donors (Lipinski definition) is 0. The topological polar surface area (TPSA) is 0 Å². The summed E-state index contributed by atoms with van der Waals surface area (Å²) in [6.45, 7) is 2.09. The van der Waals surface area contributed by atoms with Crippen molar-refractivity contribution in [3.63, 3.8) is 0 Å². The van der Waals surface area contributed by atoms with Crippen LogP contribution in [-0.4, -0.2) is 0 Å². The number of hydrogen-bond acceptors (Lipinski definition) is 0. The summed E-state index contributed by atoms with van der Waals surface area (Å²) < 4.78 is 1.12. The fourth-order valence-electron chi connectivity index (χ4n) is 2.87. The molecule has 1 aliphatic carbocycles. The molecule has 3 rings (SSSR count). The van der Waals surface area contributed by atoms with Gasteiger partial charge in [0.25, 0.3) is 0 Å². The second kappa shape index (κ2) is 5.91. The summed E-state index contributed by atoms with van der Waals surface area (Å²) in [5, 5.41) is -0.0703. The Labute approximate surface area is 134 Å². The number of rotatable bonds is 2. The minimum atomic E-state index is -0.0703. The Morgan fingerprint density at radius 3 is 2.35 bits per heavy atom. The van der Waals surface area contributed by atoms with Crippen molar-refractivity contribution in [3.8, 4) is 0 Å². The first kappa shape index (κ1) is 14.2. The molecule has 20 heavy (non-hydrogen) atoms. The summed E-state index contributed by atoms with van der Waals surface area (Å²) in [6, 6.07) is 13.1. The van der Waals surface area contributed by atoms with E-state index in [1.165, 1.54) is 47.9 Å². The van der Waals surface area contributed by atoms with Crippen molar-refractivity contribution in [2.24, 2.45) is 0 Å². The molecule has 2 heteroatoms. The molecule has 1 unspecified atom stereocenters. The first-order chi connectivity index (χ1) is 9.65. The van der Waals surface area contributed by atoms with Crippen molar-refractivity contribution in [3.05, 3.63) is 68.7 Å². The van der Waals surface area contributed by atoms with Crippen molar-refractivity contribution in [1.29, 1.82) is 0 Å². The molecule has 0 N–H and O–H groups in total. The summed E-state index contributed by atoms with van der Waals surface area (Å²) in [6.07, 6.45) is 5.05. The summed E-state index contributed by atoms with van der Waals surface area (Å²) in [7, 11) is 0. The molecule has 0 nitrogen and oxygen atoms in total. The van der Waals surface area contributed by atoms with Crippen LogP contribution in [-0.2, 0) is 12.8 Å². The van der Waals surface area contributed by atoms with Gasteiger partial charge in [0.2, 0.25) is 0 Å². The average molecular weight is 350 g/mol. The monoisotopic (exact) mass is 348 g/mol. The van der Waals surface area contributed by atoms with Crippen molar-refractivity contribution in [1.82, 2.24) is 0 Å². The van der Waals surface area contributed by atoms with Gasteiger partial charge in [-0.2, -0.15) is 0 Å². The molecule has 0 fully saturated rings. The third-order valence-corrected chi connectivity index (χ3v) is 5.51. The third-order valence-electron chi connectivity index (χ3n) is 4.15. The van der Waals surface area contributed by atoms with Gasteiger partial charge < -0.3 is 0 Å². The van der Waals surface area contributed by atoms with Gasteiger partial charge in [-0.15, -0.1) is 11.6 Å². The second-order valence-electron chi connectivity index (χ2n) is 5.61. The SMILES string of the molecule is Cc1ccc(C(Cl)c2ccc3c(c2)CCCC3)cc1Br. The van der Waals surface area contributed by atoms with Gasteiger partial charge in [0.1, 0.15) is 0 Å². The first-order valence-electron chi connectivity index (χ1n) is 7.17. The predicted molar refractivity (Wildman–Crippen MR) is 89.7 cm³/mol. The quantitative estimate of drug-likeness (QED) is 0.586. The van der Waals surface area contributed by atoms with E-state index in [2.05, 4.69) is 59.3 Å². The number of alkyl halides is 1. The number of fused-ring (bicyclic) bond motifs is 1. The minimum Gasteiger partial charge on any atom is -0.113 e. The molecular formula is C18H18BrCl. The Bertz CT molecular complexity index is 633. The standard InChI is InChI=1S/C18H18BrCl/c1-12-6-7-16(11-17(12)19)18(20)15-9-8-13-4-2-3-5-14(13)10-15/h6-11,18H,2-5H2,1H3. The lowest BCUT2D eigenvalue weighted by atomic mass is 9.89. The predicted octanol–water partition coefficient (Wildman–Crippen LogP) is 5.96. The molecule has 0 heterocycles. The van der Waals surface area contributed by atoms with Gasteiger partial charge in [0.05, 0.1) is 5.38 Å². The molecular weight excluding hydrogens is 332 g/mol. The first-order valence-corrected chi connectivity index (χ1v) is 8.40. The van der Waals surface area contributed by atoms with Crippen LogP contribution >= 0.6 is 27.5 Å². The molecule has 0 aliphatic heterocycles. The van der Waals surface area contributed by atoms with Gasteiger partial charge in [0.15, 0.2) is 0 Å². The molecule has 0 saturated heterocycles. The van der Waals surface area contributed by atoms with Crippen LogP contribution in [0.2, 0.25) is 0 Å². The number of benzene rings is 2. The van der Waals surface area contributed by atoms with E-state index in [1.54, 1.807) is 0 Å². The van der Waals surface area contributed by atoms with E-state index in [1.807, 2.05) is 0 Å². The second-order valence-corrected chi connectivity index (χ2v) is 6.90. The highest BCUT2D eigenvalue weighted by molar-refractivity contribution is 9.10. The zero-order chi connectivity index (χ0) is 14.1. The number of halogens is 2. The van der Waals surface area contributed by atoms with Gasteiger partial charge in [0, 0.05) is 4.47 Å². The van der Waals surface area contributed by atoms with E-state index in [0.717, 1.165) is 10.0 Å². The zero-order valence-corrected chi connectivity index (χ0v) is 14.0. The van der Waals surface area contributed by atoms with Crippen LogP contribution in [0.4, 0.5) is 0 Å². The normalized spacial score (nSPS) is 15.8. The van der Waals surface area contributed by atoms with E-state index >= 15 is 0 Å². The van der Waals surface area contributed by atoms with Crippen LogP contribution in [0.15, 0.2) is 40.9 Å². The summed E-state index contributed by atoms with van der Waals surface area (Å²) in [5.74, 6) is 0. The molecule has 0 radical (unpaired) electrons. The smallest absolute Gasteiger partial charge is 0.0835 e. The van der Waals surface area contributed by atoms with Crippen LogP contribution < -0.4 is 0 Å². The Balaban J connectivity index is 1.93. The maximum atomic E-state index is 6.68. The van der Waals surface area contributed by atoms with Crippen LogP contribution in [0.5, 0.6) is 0 Å². The van der Waals surface area contributed by atoms with E-state index in [4.69, 9.17) is 11.6 Å². The van der Waals surface area contributed by atoms with Gasteiger partial charge in [-0.3, -0.25) is 0 Å². The van der Waals surface area contributed by atoms with Gasteiger partial charge >= 0.3 is 0 Å². The zero-order valence-electron chi connectivity index (χ0n) is 11.6. The van der Waals surface area contributed by atoms with Crippen LogP contribution in [0.25, 0.3) is 0 Å². The summed E-state index contributed by atoms with van der Waals surface area (Å²) in [4.78, 5) is 0. The fourth-order valence-corrected chi connectivity index (χ4v) is 3.54. The lowest BCUT2D eigenvalue weighted by molar-refractivity contribution is 0.684. The summed E-state index contributed by atoms with van der Waals surface area (Å²) >= 11 is 10.3. The van der Waals surface area contributed by atoms with E-state index in [9.17, 15) is 0 Å². The molecule has 0 aromatic heterocycles. The highest BCUT2D eigenvalue weighted by Gasteiger charge is 2.15. The Hall–Kier alpha value is -0.790. The van der Waals surface area contributed by atoms with E-state index < -0.39 is 0 Å². The van der Waals surface area contributed by atoms with Crippen molar-refractivity contribution >= 4 is 27.5 Å².